The van der Waals surface area contributed by atoms with Crippen LogP contribution in [0.5, 0.6) is 0 Å². The van der Waals surface area contributed by atoms with Crippen LogP contribution in [0.3, 0.4) is 0 Å². The zero-order chi connectivity index (χ0) is 18.1. The maximum absolute atomic E-state index is 11.8. The highest BCUT2D eigenvalue weighted by Crippen LogP contribution is 2.22. The molecule has 0 aliphatic heterocycles. The van der Waals surface area contributed by atoms with E-state index in [0.717, 1.165) is 29.9 Å². The van der Waals surface area contributed by atoms with Crippen molar-refractivity contribution in [2.75, 3.05) is 18.5 Å². The van der Waals surface area contributed by atoms with Crippen LogP contribution in [0, 0.1) is 16.9 Å². The first-order valence-corrected chi connectivity index (χ1v) is 8.33. The van der Waals surface area contributed by atoms with Crippen LogP contribution in [0.25, 0.3) is 0 Å². The van der Waals surface area contributed by atoms with Gasteiger partial charge in [0.05, 0.1) is 5.69 Å². The molecule has 1 rings (SSSR count). The summed E-state index contributed by atoms with van der Waals surface area (Å²) in [6.45, 7) is 2.40. The first-order chi connectivity index (χ1) is 11.4. The number of amides is 1. The summed E-state index contributed by atoms with van der Waals surface area (Å²) >= 11 is 1.29. The molecule has 0 atom stereocenters. The number of rotatable bonds is 7. The number of carbonyl (C=O) groups excluding carboxylic acids is 1. The molecule has 0 radical (unpaired) electrons. The number of aromatic nitrogens is 1. The molecule has 1 aromatic heterocycles. The van der Waals surface area contributed by atoms with Gasteiger partial charge in [0.1, 0.15) is 0 Å². The molecule has 0 saturated heterocycles. The van der Waals surface area contributed by atoms with Crippen LogP contribution in [0.4, 0.5) is 5.13 Å². The van der Waals surface area contributed by atoms with E-state index in [1.165, 1.54) is 11.3 Å². The fraction of sp³-hybridized carbons (Fsp3) is 0.500. The van der Waals surface area contributed by atoms with E-state index in [1.54, 1.807) is 25.1 Å². The number of nitriles is 1. The lowest BCUT2D eigenvalue weighted by Gasteiger charge is -2.16. The van der Waals surface area contributed by atoms with Gasteiger partial charge in [-0.1, -0.05) is 6.92 Å². The Morgan fingerprint density at radius 1 is 1.50 bits per heavy atom. The van der Waals surface area contributed by atoms with E-state index in [-0.39, 0.29) is 24.2 Å². The number of hydrogen-bond acceptors (Lipinski definition) is 6. The molecule has 0 spiro atoms. The number of guanidine groups is 2. The SMILES string of the molecule is CCC(=O)N(C(=N)N)c1nc(CCCCN(C)C(N)=NC#N)cs1. The lowest BCUT2D eigenvalue weighted by atomic mass is 10.2. The Morgan fingerprint density at radius 2 is 2.21 bits per heavy atom. The Labute approximate surface area is 145 Å². The van der Waals surface area contributed by atoms with Crippen LogP contribution in [0.15, 0.2) is 10.4 Å². The zero-order valence-corrected chi connectivity index (χ0v) is 14.6. The predicted molar refractivity (Wildman–Crippen MR) is 94.6 cm³/mol. The zero-order valence-electron chi connectivity index (χ0n) is 13.8. The summed E-state index contributed by atoms with van der Waals surface area (Å²) in [4.78, 5) is 22.5. The third-order valence-electron chi connectivity index (χ3n) is 3.26. The molecule has 0 aliphatic carbocycles. The van der Waals surface area contributed by atoms with E-state index in [2.05, 4.69) is 9.98 Å². The molecule has 1 aromatic rings. The molecular formula is C14H22N8OS. The summed E-state index contributed by atoms with van der Waals surface area (Å²) in [5.74, 6) is -0.377. The molecule has 130 valence electrons. The number of nitrogens with one attached hydrogen (secondary N) is 1. The van der Waals surface area contributed by atoms with Gasteiger partial charge in [-0.25, -0.2) is 9.88 Å². The minimum absolute atomic E-state index is 0.198. The fourth-order valence-electron chi connectivity index (χ4n) is 1.92. The summed E-state index contributed by atoms with van der Waals surface area (Å²) in [6, 6.07) is 0. The number of thiazole rings is 1. The highest BCUT2D eigenvalue weighted by Gasteiger charge is 2.20. The average molecular weight is 350 g/mol. The highest BCUT2D eigenvalue weighted by molar-refractivity contribution is 7.14. The van der Waals surface area contributed by atoms with E-state index < -0.39 is 0 Å². The number of nitrogens with two attached hydrogens (primary N) is 2. The quantitative estimate of drug-likeness (QED) is 0.287. The summed E-state index contributed by atoms with van der Waals surface area (Å²) in [6.07, 6.45) is 4.38. The van der Waals surface area contributed by atoms with E-state index >= 15 is 0 Å². The second-order valence-electron chi connectivity index (χ2n) is 5.04. The van der Waals surface area contributed by atoms with Crippen molar-refractivity contribution in [2.45, 2.75) is 32.6 Å². The van der Waals surface area contributed by atoms with Crippen LogP contribution >= 0.6 is 11.3 Å². The van der Waals surface area contributed by atoms with Crippen molar-refractivity contribution in [1.82, 2.24) is 9.88 Å². The van der Waals surface area contributed by atoms with Gasteiger partial charge in [0.25, 0.3) is 0 Å². The third-order valence-corrected chi connectivity index (χ3v) is 4.13. The minimum Gasteiger partial charge on any atom is -0.369 e. The number of anilines is 1. The fourth-order valence-corrected chi connectivity index (χ4v) is 2.81. The topological polar surface area (TPSA) is 148 Å². The summed E-state index contributed by atoms with van der Waals surface area (Å²) in [5, 5.41) is 18.3. The van der Waals surface area contributed by atoms with Crippen LogP contribution in [0.2, 0.25) is 0 Å². The van der Waals surface area contributed by atoms with Gasteiger partial charge in [0, 0.05) is 25.4 Å². The lowest BCUT2D eigenvalue weighted by molar-refractivity contribution is -0.117. The van der Waals surface area contributed by atoms with Crippen LogP contribution in [-0.4, -0.2) is 41.3 Å². The van der Waals surface area contributed by atoms with Crippen molar-refractivity contribution in [2.24, 2.45) is 16.5 Å². The second kappa shape index (κ2) is 9.46. The number of aryl methyl sites for hydroxylation is 1. The van der Waals surface area contributed by atoms with Gasteiger partial charge in [-0.3, -0.25) is 10.2 Å². The van der Waals surface area contributed by atoms with Crippen molar-refractivity contribution in [3.8, 4) is 6.19 Å². The molecule has 0 aliphatic rings. The van der Waals surface area contributed by atoms with Gasteiger partial charge < -0.3 is 16.4 Å². The van der Waals surface area contributed by atoms with Gasteiger partial charge in [-0.2, -0.15) is 5.26 Å². The van der Waals surface area contributed by atoms with Crippen LogP contribution in [0.1, 0.15) is 31.9 Å². The van der Waals surface area contributed by atoms with E-state index in [9.17, 15) is 4.79 Å². The first kappa shape index (κ1) is 19.4. The molecule has 9 nitrogen and oxygen atoms in total. The van der Waals surface area contributed by atoms with E-state index in [4.69, 9.17) is 22.1 Å². The Morgan fingerprint density at radius 3 is 2.79 bits per heavy atom. The largest absolute Gasteiger partial charge is 0.369 e. The highest BCUT2D eigenvalue weighted by atomic mass is 32.1. The lowest BCUT2D eigenvalue weighted by Crippen LogP contribution is -2.41. The van der Waals surface area contributed by atoms with Crippen molar-refractivity contribution < 1.29 is 4.79 Å². The summed E-state index contributed by atoms with van der Waals surface area (Å²) < 4.78 is 0. The van der Waals surface area contributed by atoms with Crippen molar-refractivity contribution >= 4 is 34.3 Å². The maximum Gasteiger partial charge on any atom is 0.235 e. The normalized spacial score (nSPS) is 11.0. The number of aliphatic imine (C=N–C) groups is 1. The average Bonchev–Trinajstić information content (AvgIpc) is 2.99. The van der Waals surface area contributed by atoms with Crippen LogP contribution in [-0.2, 0) is 11.2 Å². The Kier molecular flexibility index (Phi) is 7.64. The molecule has 5 N–H and O–H groups in total. The molecule has 1 amide bonds. The number of hydrogen-bond donors (Lipinski definition) is 3. The smallest absolute Gasteiger partial charge is 0.235 e. The Balaban J connectivity index is 2.53. The van der Waals surface area contributed by atoms with Crippen LogP contribution < -0.4 is 16.4 Å². The molecular weight excluding hydrogens is 328 g/mol. The van der Waals surface area contributed by atoms with Gasteiger partial charge in [-0.15, -0.1) is 16.3 Å². The Hall–Kier alpha value is -2.67. The summed E-state index contributed by atoms with van der Waals surface area (Å²) in [7, 11) is 1.78. The van der Waals surface area contributed by atoms with Crippen molar-refractivity contribution in [3.63, 3.8) is 0 Å². The van der Waals surface area contributed by atoms with E-state index in [0.29, 0.717) is 11.7 Å². The third kappa shape index (κ3) is 5.51. The van der Waals surface area contributed by atoms with Gasteiger partial charge in [-0.05, 0) is 19.3 Å². The molecule has 24 heavy (non-hydrogen) atoms. The Bertz CT molecular complexity index is 647. The predicted octanol–water partition coefficient (Wildman–Crippen LogP) is 0.830. The number of nitrogens with zero attached hydrogens (tertiary/aromatic N) is 5. The molecule has 10 heteroatoms. The monoisotopic (exact) mass is 350 g/mol. The molecule has 0 saturated carbocycles. The van der Waals surface area contributed by atoms with Gasteiger partial charge in [0.15, 0.2) is 5.13 Å². The molecule has 0 bridgehead atoms. The van der Waals surface area contributed by atoms with Gasteiger partial charge in [0.2, 0.25) is 24.0 Å². The molecule has 1 heterocycles. The van der Waals surface area contributed by atoms with Crippen molar-refractivity contribution in [1.29, 1.82) is 10.7 Å². The first-order valence-electron chi connectivity index (χ1n) is 7.45. The minimum atomic E-state index is -0.323. The number of carbonyl (C=O) groups is 1. The molecule has 0 unspecified atom stereocenters. The molecule has 0 fully saturated rings. The van der Waals surface area contributed by atoms with Gasteiger partial charge >= 0.3 is 0 Å². The van der Waals surface area contributed by atoms with E-state index in [1.807, 2.05) is 5.38 Å². The number of unbranched alkanes of at least 4 members (excludes halogenated alkanes) is 1. The second-order valence-corrected chi connectivity index (χ2v) is 5.87. The standard InChI is InChI=1S/C14H22N8OS/c1-3-11(23)22(12(16)17)14-20-10(8-24-14)6-4-5-7-21(2)13(18)19-9-15/h8H,3-7H2,1-2H3,(H3,16,17)(H2,18,19). The van der Waals surface area contributed by atoms with Crippen molar-refractivity contribution in [3.05, 3.63) is 11.1 Å². The maximum atomic E-state index is 11.8. The summed E-state index contributed by atoms with van der Waals surface area (Å²) in [5.41, 5.74) is 11.9. The molecule has 0 aromatic carbocycles.